The van der Waals surface area contributed by atoms with Crippen LogP contribution in [0.3, 0.4) is 0 Å². The molecule has 9 nitrogen and oxygen atoms in total. The molecule has 0 spiro atoms. The highest BCUT2D eigenvalue weighted by Crippen LogP contribution is 2.62. The van der Waals surface area contributed by atoms with Crippen LogP contribution in [0.25, 0.3) is 0 Å². The lowest BCUT2D eigenvalue weighted by Gasteiger charge is -2.48. The number of aliphatic hydroxyl groups is 1. The number of hydrogen-bond acceptors (Lipinski definition) is 9. The number of esters is 1. The largest absolute Gasteiger partial charge is 0.497 e. The smallest absolute Gasteiger partial charge is 0.314 e. The molecule has 0 saturated heterocycles. The molecule has 0 radical (unpaired) electrons. The zero-order valence-electron chi connectivity index (χ0n) is 34.7. The highest BCUT2D eigenvalue weighted by atomic mass is 28.4. The minimum Gasteiger partial charge on any atom is -0.497 e. The lowest BCUT2D eigenvalue weighted by molar-refractivity contribution is -0.177. The molecule has 6 atom stereocenters. The Bertz CT molecular complexity index is 1730. The van der Waals surface area contributed by atoms with Gasteiger partial charge < -0.3 is 32.9 Å². The molecule has 11 heteroatoms. The molecule has 5 rings (SSSR count). The molecule has 3 aromatic rings. The van der Waals surface area contributed by atoms with E-state index in [9.17, 15) is 9.90 Å². The Hall–Kier alpha value is -3.59. The first-order chi connectivity index (χ1) is 26.7. The Morgan fingerprint density at radius 3 is 1.93 bits per heavy atom. The van der Waals surface area contributed by atoms with Crippen molar-refractivity contribution in [1.29, 1.82) is 0 Å². The van der Waals surface area contributed by atoms with Gasteiger partial charge in [-0.25, -0.2) is 0 Å². The maximum absolute atomic E-state index is 15.0. The molecule has 56 heavy (non-hydrogen) atoms. The molecule has 2 aliphatic rings. The summed E-state index contributed by atoms with van der Waals surface area (Å²) in [6.07, 6.45) is 3.95. The lowest BCUT2D eigenvalue weighted by atomic mass is 9.71. The summed E-state index contributed by atoms with van der Waals surface area (Å²) >= 11 is 0. The number of fused-ring (bicyclic) bond motifs is 2. The highest BCUT2D eigenvalue weighted by molar-refractivity contribution is 6.99. The zero-order chi connectivity index (χ0) is 40.8. The molecule has 3 unspecified atom stereocenters. The standard InChI is InChI=1S/C45H62O9Si2/c1-10-55(11-2,12-3)54-44(30-19-31-51-32-52-35-26-24-34(49-8)25-27-35)38-28-29-39(44)45(48,41(38)46)40(42(47)50-9)33(4)53-56(43(5,6)7,36-20-15-13-16-21-36)37-22-17-14-18-23-37/h13-27,30,33,38-40,48H,10-12,28-29,31-32H2,1-9H3/b30-19+/t33?,38-,39-,40?,44?,45+/m0/s1. The Labute approximate surface area is 336 Å². The fraction of sp³-hybridized carbons (Fsp3) is 0.511. The van der Waals surface area contributed by atoms with Crippen molar-refractivity contribution >= 4 is 38.8 Å². The van der Waals surface area contributed by atoms with Gasteiger partial charge in [-0.15, -0.1) is 0 Å². The first kappa shape index (κ1) is 43.5. The van der Waals surface area contributed by atoms with E-state index in [1.165, 1.54) is 7.11 Å². The number of ketones is 1. The predicted molar refractivity (Wildman–Crippen MR) is 224 cm³/mol. The van der Waals surface area contributed by atoms with Crippen LogP contribution in [0.1, 0.15) is 61.3 Å². The number of ether oxygens (including phenoxy) is 4. The molecule has 3 aromatic carbocycles. The monoisotopic (exact) mass is 802 g/mol. The van der Waals surface area contributed by atoms with Crippen LogP contribution in [-0.2, 0) is 27.9 Å². The minimum absolute atomic E-state index is 0.0132. The second kappa shape index (κ2) is 17.9. The normalized spacial score (nSPS) is 23.6. The fourth-order valence-corrected chi connectivity index (χ4v) is 17.3. The van der Waals surface area contributed by atoms with E-state index in [0.29, 0.717) is 18.6 Å². The Kier molecular flexibility index (Phi) is 13.9. The second-order valence-corrected chi connectivity index (χ2v) is 25.2. The predicted octanol–water partition coefficient (Wildman–Crippen LogP) is 7.46. The van der Waals surface area contributed by atoms with E-state index in [1.807, 2.05) is 79.7 Å². The zero-order valence-corrected chi connectivity index (χ0v) is 36.7. The summed E-state index contributed by atoms with van der Waals surface area (Å²) in [6.45, 7) is 15.0. The number of rotatable bonds is 19. The van der Waals surface area contributed by atoms with Crippen molar-refractivity contribution in [2.24, 2.45) is 17.8 Å². The lowest BCUT2D eigenvalue weighted by Crippen LogP contribution is -2.69. The Morgan fingerprint density at radius 1 is 0.875 bits per heavy atom. The molecule has 2 fully saturated rings. The van der Waals surface area contributed by atoms with Gasteiger partial charge in [0.05, 0.1) is 38.4 Å². The molecular formula is C45H62O9Si2. The van der Waals surface area contributed by atoms with Gasteiger partial charge in [-0.1, -0.05) is 114 Å². The topological polar surface area (TPSA) is 110 Å². The number of hydrogen-bond donors (Lipinski definition) is 1. The quantitative estimate of drug-likeness (QED) is 0.0435. The summed E-state index contributed by atoms with van der Waals surface area (Å²) in [6, 6.07) is 30.1. The summed E-state index contributed by atoms with van der Waals surface area (Å²) in [7, 11) is -2.69. The van der Waals surface area contributed by atoms with E-state index in [0.717, 1.165) is 34.3 Å². The number of Topliss-reactive ketones (excluding diaryl/α,β-unsaturated/α-hetero) is 1. The van der Waals surface area contributed by atoms with Gasteiger partial charge in [-0.2, -0.15) is 0 Å². The highest BCUT2D eigenvalue weighted by Gasteiger charge is 2.75. The molecule has 0 heterocycles. The third kappa shape index (κ3) is 7.95. The number of carbonyl (C=O) groups is 2. The fourth-order valence-electron chi connectivity index (χ4n) is 9.52. The van der Waals surface area contributed by atoms with E-state index >= 15 is 4.79 Å². The summed E-state index contributed by atoms with van der Waals surface area (Å²) in [5.41, 5.74) is -3.25. The van der Waals surface area contributed by atoms with Gasteiger partial charge in [-0.3, -0.25) is 9.59 Å². The maximum Gasteiger partial charge on any atom is 0.314 e. The summed E-state index contributed by atoms with van der Waals surface area (Å²) < 4.78 is 37.2. The summed E-state index contributed by atoms with van der Waals surface area (Å²) in [5, 5.41) is 14.9. The summed E-state index contributed by atoms with van der Waals surface area (Å²) in [5.74, 6) is -2.38. The second-order valence-electron chi connectivity index (χ2n) is 16.3. The molecule has 1 N–H and O–H groups in total. The number of benzene rings is 3. The molecule has 0 aliphatic heterocycles. The van der Waals surface area contributed by atoms with Crippen molar-refractivity contribution in [3.05, 3.63) is 97.1 Å². The molecule has 0 aromatic heterocycles. The van der Waals surface area contributed by atoms with E-state index in [2.05, 4.69) is 65.8 Å². The van der Waals surface area contributed by atoms with E-state index < -0.39 is 62.7 Å². The van der Waals surface area contributed by atoms with Crippen LogP contribution in [0.5, 0.6) is 11.5 Å². The third-order valence-electron chi connectivity index (χ3n) is 12.5. The van der Waals surface area contributed by atoms with Gasteiger partial charge in [0, 0.05) is 5.92 Å². The van der Waals surface area contributed by atoms with Crippen molar-refractivity contribution in [1.82, 2.24) is 0 Å². The van der Waals surface area contributed by atoms with Crippen LogP contribution in [0.2, 0.25) is 23.2 Å². The average Bonchev–Trinajstić information content (AvgIpc) is 3.65. The van der Waals surface area contributed by atoms with Gasteiger partial charge in [0.15, 0.2) is 20.9 Å². The van der Waals surface area contributed by atoms with Crippen molar-refractivity contribution in [2.75, 3.05) is 27.6 Å². The van der Waals surface area contributed by atoms with Crippen molar-refractivity contribution in [2.45, 2.75) is 102 Å². The van der Waals surface area contributed by atoms with E-state index in [-0.39, 0.29) is 19.2 Å². The van der Waals surface area contributed by atoms with E-state index in [4.69, 9.17) is 27.8 Å². The Morgan fingerprint density at radius 2 is 1.43 bits per heavy atom. The van der Waals surface area contributed by atoms with Crippen LogP contribution >= 0.6 is 0 Å². The first-order valence-electron chi connectivity index (χ1n) is 20.1. The minimum atomic E-state index is -3.22. The Balaban J connectivity index is 1.54. The van der Waals surface area contributed by atoms with Crippen LogP contribution in [0.15, 0.2) is 97.1 Å². The number of methoxy groups -OCH3 is 2. The van der Waals surface area contributed by atoms with Gasteiger partial charge in [-0.05, 0) is 77.6 Å². The molecule has 2 aliphatic carbocycles. The maximum atomic E-state index is 15.0. The number of carbonyl (C=O) groups excluding carboxylic acids is 2. The van der Waals surface area contributed by atoms with Crippen molar-refractivity contribution < 1.29 is 42.5 Å². The molecule has 2 saturated carbocycles. The van der Waals surface area contributed by atoms with Crippen LogP contribution in [-0.4, -0.2) is 78.4 Å². The first-order valence-corrected chi connectivity index (χ1v) is 24.5. The van der Waals surface area contributed by atoms with Crippen LogP contribution in [0.4, 0.5) is 0 Å². The third-order valence-corrected chi connectivity index (χ3v) is 22.3. The van der Waals surface area contributed by atoms with Crippen LogP contribution < -0.4 is 19.8 Å². The van der Waals surface area contributed by atoms with Gasteiger partial charge in [0.25, 0.3) is 8.32 Å². The SMILES string of the molecule is CC[Si](CC)(CC)OC1(/C=C/COCOc2ccc(OC)cc2)[C@H]2CC[C@@H]1[C@@](O)(C(C(=O)OC)C(C)O[Si](c1ccccc1)(c1ccccc1)C(C)(C)C)C2=O. The van der Waals surface area contributed by atoms with Gasteiger partial charge >= 0.3 is 5.97 Å². The van der Waals surface area contributed by atoms with Crippen LogP contribution in [0, 0.1) is 17.8 Å². The molecule has 304 valence electrons. The molecule has 0 amide bonds. The molecular weight excluding hydrogens is 741 g/mol. The average molecular weight is 803 g/mol. The van der Waals surface area contributed by atoms with Crippen molar-refractivity contribution in [3.8, 4) is 11.5 Å². The van der Waals surface area contributed by atoms with E-state index in [1.54, 1.807) is 7.11 Å². The summed E-state index contributed by atoms with van der Waals surface area (Å²) in [4.78, 5) is 29.2. The molecule has 2 bridgehead atoms. The van der Waals surface area contributed by atoms with Crippen molar-refractivity contribution in [3.63, 3.8) is 0 Å². The van der Waals surface area contributed by atoms with Gasteiger partial charge in [0.2, 0.25) is 0 Å². The van der Waals surface area contributed by atoms with Gasteiger partial charge in [0.1, 0.15) is 23.0 Å².